The van der Waals surface area contributed by atoms with Gasteiger partial charge in [-0.3, -0.25) is 0 Å². The van der Waals surface area contributed by atoms with Gasteiger partial charge in [-0.05, 0) is 78.8 Å². The minimum Gasteiger partial charge on any atom is -0.449 e. The van der Waals surface area contributed by atoms with Gasteiger partial charge in [-0.1, -0.05) is 0 Å². The predicted octanol–water partition coefficient (Wildman–Crippen LogP) is 7.63. The second-order valence-electron chi connectivity index (χ2n) is 9.49. The Bertz CT molecular complexity index is 1760. The Hall–Kier alpha value is -2.21. The van der Waals surface area contributed by atoms with Crippen LogP contribution in [0.1, 0.15) is 24.0 Å². The molecular weight excluding hydrogens is 508 g/mol. The van der Waals surface area contributed by atoms with Crippen molar-refractivity contribution in [2.24, 2.45) is 0 Å². The molecule has 0 aliphatic carbocycles. The monoisotopic (exact) mass is 527 g/mol. The van der Waals surface area contributed by atoms with Crippen LogP contribution < -0.4 is 4.90 Å². The molecule has 8 heteroatoms. The average Bonchev–Trinajstić information content (AvgIpc) is 3.60. The van der Waals surface area contributed by atoms with Crippen LogP contribution in [0.2, 0.25) is 0 Å². The number of rotatable bonds is 2. The fraction of sp³-hybridized carbons (Fsp3) is 0.222. The number of thiophene rings is 3. The van der Waals surface area contributed by atoms with Crippen molar-refractivity contribution in [1.29, 1.82) is 0 Å². The van der Waals surface area contributed by atoms with Gasteiger partial charge < -0.3 is 8.45 Å². The van der Waals surface area contributed by atoms with E-state index in [2.05, 4.69) is 54.2 Å². The van der Waals surface area contributed by atoms with E-state index in [1.807, 2.05) is 28.7 Å². The maximum Gasteiger partial charge on any atom is 0.318 e. The molecule has 0 atom stereocenters. The Balaban J connectivity index is 1.26. The normalized spacial score (nSPS) is 15.5. The number of hydrogen-bond acceptors (Lipinski definition) is 5. The number of anilines is 1. The van der Waals surface area contributed by atoms with Crippen molar-refractivity contribution >= 4 is 86.0 Å². The van der Waals surface area contributed by atoms with E-state index in [4.69, 9.17) is 0 Å². The van der Waals surface area contributed by atoms with E-state index in [0.717, 1.165) is 10.4 Å². The summed E-state index contributed by atoms with van der Waals surface area (Å²) in [6.07, 6.45) is 6.56. The van der Waals surface area contributed by atoms with Crippen LogP contribution >= 0.6 is 34.0 Å². The van der Waals surface area contributed by atoms with Gasteiger partial charge in [0.25, 0.3) is 0 Å². The summed E-state index contributed by atoms with van der Waals surface area (Å²) in [4.78, 5) is 8.95. The number of pyridine rings is 1. The molecule has 6 aromatic rings. The summed E-state index contributed by atoms with van der Waals surface area (Å²) < 4.78 is 20.9. The SMILES string of the molecule is Fc1ccc(-c2cc3c(s2)c2sc4cc(-c5cc6c7c(c5)CCCN7CCC6)sc4c2[n]3[Al])cn1. The minimum absolute atomic E-state index is 0.442. The molecule has 1 aromatic carbocycles. The first kappa shape index (κ1) is 20.9. The fourth-order valence-electron chi connectivity index (χ4n) is 5.84. The number of aryl methyl sites for hydroxylation is 2. The van der Waals surface area contributed by atoms with Crippen molar-refractivity contribution in [3.05, 3.63) is 59.7 Å². The molecule has 3 nitrogen and oxygen atoms in total. The van der Waals surface area contributed by atoms with Gasteiger partial charge in [0.1, 0.15) is 0 Å². The highest BCUT2D eigenvalue weighted by atomic mass is 32.1. The summed E-state index contributed by atoms with van der Waals surface area (Å²) in [6, 6.07) is 12.8. The first-order valence-corrected chi connectivity index (χ1v) is 14.9. The molecule has 2 aliphatic rings. The molecule has 0 saturated heterocycles. The smallest absolute Gasteiger partial charge is 0.318 e. The fourth-order valence-corrected chi connectivity index (χ4v) is 10.5. The Labute approximate surface area is 222 Å². The molecule has 0 fully saturated rings. The second-order valence-corrected chi connectivity index (χ2v) is 13.2. The van der Waals surface area contributed by atoms with Crippen molar-refractivity contribution in [2.75, 3.05) is 18.0 Å². The Kier molecular flexibility index (Phi) is 4.57. The third kappa shape index (κ3) is 3.08. The van der Waals surface area contributed by atoms with Gasteiger partial charge in [-0.15, -0.1) is 34.0 Å². The maximum absolute atomic E-state index is 13.3. The molecule has 7 heterocycles. The molecule has 170 valence electrons. The van der Waals surface area contributed by atoms with Crippen molar-refractivity contribution in [1.82, 2.24) is 8.53 Å². The van der Waals surface area contributed by atoms with E-state index in [-0.39, 0.29) is 0 Å². The van der Waals surface area contributed by atoms with E-state index in [0.29, 0.717) is 0 Å². The van der Waals surface area contributed by atoms with Crippen LogP contribution in [0.3, 0.4) is 0 Å². The van der Waals surface area contributed by atoms with E-state index in [1.165, 1.54) is 85.1 Å². The predicted molar refractivity (Wildman–Crippen MR) is 149 cm³/mol. The molecule has 35 heavy (non-hydrogen) atoms. The molecule has 2 aliphatic heterocycles. The molecule has 8 rings (SSSR count). The summed E-state index contributed by atoms with van der Waals surface area (Å²) in [7, 11) is 0. The number of aromatic nitrogens is 2. The van der Waals surface area contributed by atoms with Gasteiger partial charge in [0.05, 0.1) is 19.6 Å². The van der Waals surface area contributed by atoms with Crippen LogP contribution in [-0.4, -0.2) is 38.1 Å². The lowest BCUT2D eigenvalue weighted by molar-refractivity contribution is 0.584. The quantitative estimate of drug-likeness (QED) is 0.171. The molecule has 0 N–H and O–H groups in total. The largest absolute Gasteiger partial charge is 0.449 e. The van der Waals surface area contributed by atoms with Crippen LogP contribution in [0.25, 0.3) is 50.7 Å². The van der Waals surface area contributed by atoms with Crippen LogP contribution in [-0.2, 0) is 12.8 Å². The number of benzene rings is 1. The van der Waals surface area contributed by atoms with Crippen LogP contribution in [0.5, 0.6) is 0 Å². The van der Waals surface area contributed by atoms with E-state index < -0.39 is 5.95 Å². The summed E-state index contributed by atoms with van der Waals surface area (Å²) in [5.74, 6) is -0.442. The summed E-state index contributed by atoms with van der Waals surface area (Å²) in [6.45, 7) is 2.43. The van der Waals surface area contributed by atoms with Gasteiger partial charge in [-0.25, -0.2) is 4.98 Å². The number of hydrogen-bond donors (Lipinski definition) is 0. The Morgan fingerprint density at radius 1 is 0.829 bits per heavy atom. The molecule has 0 unspecified atom stereocenters. The van der Waals surface area contributed by atoms with Gasteiger partial charge >= 0.3 is 16.5 Å². The van der Waals surface area contributed by atoms with Crippen LogP contribution in [0.15, 0.2) is 42.6 Å². The highest BCUT2D eigenvalue weighted by Gasteiger charge is 2.25. The molecule has 0 bridgehead atoms. The number of nitrogens with zero attached hydrogens (tertiary/aromatic N) is 3. The third-order valence-electron chi connectivity index (χ3n) is 7.39. The molecule has 2 radical (unpaired) electrons. The lowest BCUT2D eigenvalue weighted by atomic mass is 9.90. The van der Waals surface area contributed by atoms with Crippen molar-refractivity contribution in [2.45, 2.75) is 25.7 Å². The first-order valence-electron chi connectivity index (χ1n) is 11.9. The first-order chi connectivity index (χ1) is 17.1. The van der Waals surface area contributed by atoms with E-state index in [9.17, 15) is 4.39 Å². The topological polar surface area (TPSA) is 21.1 Å². The number of halogens is 1. The lowest BCUT2D eigenvalue weighted by Crippen LogP contribution is -2.34. The lowest BCUT2D eigenvalue weighted by Gasteiger charge is -2.37. The summed E-state index contributed by atoms with van der Waals surface area (Å²) >= 11 is 8.51. The zero-order chi connectivity index (χ0) is 23.3. The minimum atomic E-state index is -0.442. The zero-order valence-corrected chi connectivity index (χ0v) is 22.4. The Morgan fingerprint density at radius 3 is 2.31 bits per heavy atom. The maximum atomic E-state index is 13.3. The number of fused-ring (bicyclic) bond motifs is 5. The van der Waals surface area contributed by atoms with Crippen LogP contribution in [0.4, 0.5) is 10.1 Å². The van der Waals surface area contributed by atoms with Crippen molar-refractivity contribution < 1.29 is 4.39 Å². The van der Waals surface area contributed by atoms with Crippen molar-refractivity contribution in [3.63, 3.8) is 0 Å². The van der Waals surface area contributed by atoms with Gasteiger partial charge in [0, 0.05) is 50.5 Å². The van der Waals surface area contributed by atoms with E-state index >= 15 is 0 Å². The third-order valence-corrected chi connectivity index (χ3v) is 11.7. The van der Waals surface area contributed by atoms with Gasteiger partial charge in [0.15, 0.2) is 0 Å². The highest BCUT2D eigenvalue weighted by molar-refractivity contribution is 7.36. The van der Waals surface area contributed by atoms with E-state index in [1.54, 1.807) is 34.3 Å². The van der Waals surface area contributed by atoms with Crippen molar-refractivity contribution in [3.8, 4) is 20.9 Å². The summed E-state index contributed by atoms with van der Waals surface area (Å²) in [5.41, 5.74) is 9.49. The summed E-state index contributed by atoms with van der Waals surface area (Å²) in [5, 5.41) is 0. The molecule has 0 saturated carbocycles. The second kappa shape index (κ2) is 7.65. The molecular formula is C27H19AlFN3S3. The molecule has 0 amide bonds. The molecule has 0 spiro atoms. The van der Waals surface area contributed by atoms with Gasteiger partial charge in [0.2, 0.25) is 5.95 Å². The standard InChI is InChI=1S/C27H19FN3S3.Al/c28-22-6-5-16(13-29-22)19-11-18-25(32-19)27-23(30-18)26-21(34-27)12-20(33-26)17-9-14-3-1-7-31-8-2-4-15(10-17)24(14)31;/h5-6,9-13H,1-4,7-8H2;/q-1;+1. The molecule has 5 aromatic heterocycles. The highest BCUT2D eigenvalue weighted by Crippen LogP contribution is 2.50. The average molecular weight is 528 g/mol. The zero-order valence-electron chi connectivity index (χ0n) is 18.8. The van der Waals surface area contributed by atoms with Gasteiger partial charge in [-0.2, -0.15) is 4.39 Å². The Morgan fingerprint density at radius 2 is 1.57 bits per heavy atom. The van der Waals surface area contributed by atoms with Crippen LogP contribution in [0, 0.1) is 5.95 Å².